The van der Waals surface area contributed by atoms with Gasteiger partial charge in [-0.1, -0.05) is 11.6 Å². The maximum Gasteiger partial charge on any atom is 0.303 e. The van der Waals surface area contributed by atoms with E-state index in [9.17, 15) is 4.79 Å². The number of aromatic nitrogens is 2. The molecule has 1 heterocycles. The number of aliphatic carboxylic acids is 1. The molecule has 1 N–H and O–H groups in total. The summed E-state index contributed by atoms with van der Waals surface area (Å²) in [5, 5.41) is 9.32. The fourth-order valence-corrected chi connectivity index (χ4v) is 1.99. The van der Waals surface area contributed by atoms with Crippen LogP contribution in [0.1, 0.15) is 17.7 Å². The van der Waals surface area contributed by atoms with Crippen LogP contribution >= 0.6 is 11.6 Å². The van der Waals surface area contributed by atoms with Gasteiger partial charge in [0.05, 0.1) is 18.4 Å². The molecule has 0 unspecified atom stereocenters. The largest absolute Gasteiger partial charge is 0.481 e. The van der Waals surface area contributed by atoms with Gasteiger partial charge in [0.2, 0.25) is 0 Å². The van der Waals surface area contributed by atoms with Gasteiger partial charge in [-0.05, 0) is 30.7 Å². The van der Waals surface area contributed by atoms with Crippen molar-refractivity contribution in [3.05, 3.63) is 47.0 Å². The van der Waals surface area contributed by atoms with Crippen LogP contribution in [0.5, 0.6) is 0 Å². The lowest BCUT2D eigenvalue weighted by atomic mass is 10.2. The van der Waals surface area contributed by atoms with Crippen LogP contribution in [0, 0.1) is 6.92 Å². The monoisotopic (exact) mass is 264 g/mol. The molecule has 0 saturated heterocycles. The Labute approximate surface area is 110 Å². The molecule has 0 aliphatic carbocycles. The van der Waals surface area contributed by atoms with E-state index in [2.05, 4.69) is 4.98 Å². The summed E-state index contributed by atoms with van der Waals surface area (Å²) in [6.07, 6.45) is 4.07. The molecule has 2 aromatic rings. The average molecular weight is 265 g/mol. The summed E-state index contributed by atoms with van der Waals surface area (Å²) in [5.74, 6) is -0.813. The molecule has 0 aliphatic heterocycles. The number of benzene rings is 1. The van der Waals surface area contributed by atoms with Crippen molar-refractivity contribution in [2.24, 2.45) is 0 Å². The second-order valence-corrected chi connectivity index (χ2v) is 4.53. The van der Waals surface area contributed by atoms with E-state index in [0.717, 1.165) is 16.9 Å². The second-order valence-electron chi connectivity index (χ2n) is 4.10. The number of carboxylic acid groups (broad SMARTS) is 1. The number of hydrogen-bond acceptors (Lipinski definition) is 2. The van der Waals surface area contributed by atoms with E-state index >= 15 is 0 Å². The Hall–Kier alpha value is -1.81. The zero-order valence-electron chi connectivity index (χ0n) is 9.93. The number of imidazole rings is 1. The zero-order valence-corrected chi connectivity index (χ0v) is 10.7. The number of aryl methyl sites for hydroxylation is 2. The van der Waals surface area contributed by atoms with Crippen LogP contribution in [-0.4, -0.2) is 20.6 Å². The highest BCUT2D eigenvalue weighted by atomic mass is 35.5. The Balaban J connectivity index is 2.21. The summed E-state index contributed by atoms with van der Waals surface area (Å²) in [5.41, 5.74) is 2.81. The predicted octanol–water partition coefficient (Wildman–Crippen LogP) is 2.85. The molecule has 94 valence electrons. The third-order valence-electron chi connectivity index (χ3n) is 2.67. The maximum absolute atomic E-state index is 10.5. The lowest BCUT2D eigenvalue weighted by Crippen LogP contribution is -1.97. The van der Waals surface area contributed by atoms with Crippen LogP contribution in [-0.2, 0) is 11.2 Å². The third-order valence-corrected chi connectivity index (χ3v) is 2.90. The normalized spacial score (nSPS) is 10.6. The standard InChI is InChI=1S/C13H13ClN2O2/c1-9-6-10(14)2-4-12(9)16-7-11(15-8-16)3-5-13(17)18/h2,4,6-8H,3,5H2,1H3,(H,17,18). The van der Waals surface area contributed by atoms with Gasteiger partial charge >= 0.3 is 5.97 Å². The van der Waals surface area contributed by atoms with Gasteiger partial charge in [-0.2, -0.15) is 0 Å². The van der Waals surface area contributed by atoms with Crippen molar-refractivity contribution in [1.29, 1.82) is 0 Å². The van der Waals surface area contributed by atoms with Crippen molar-refractivity contribution < 1.29 is 9.90 Å². The number of hydrogen-bond donors (Lipinski definition) is 1. The summed E-state index contributed by atoms with van der Waals surface area (Å²) < 4.78 is 1.88. The number of carboxylic acids is 1. The highest BCUT2D eigenvalue weighted by Crippen LogP contribution is 2.19. The first-order valence-corrected chi connectivity index (χ1v) is 5.95. The molecule has 0 atom stereocenters. The van der Waals surface area contributed by atoms with E-state index in [1.54, 1.807) is 6.33 Å². The van der Waals surface area contributed by atoms with Crippen molar-refractivity contribution in [1.82, 2.24) is 9.55 Å². The first-order chi connectivity index (χ1) is 8.56. The predicted molar refractivity (Wildman–Crippen MR) is 69.3 cm³/mol. The number of carbonyl (C=O) groups is 1. The molecule has 0 saturated carbocycles. The molecule has 0 radical (unpaired) electrons. The Morgan fingerprint density at radius 2 is 2.28 bits per heavy atom. The van der Waals surface area contributed by atoms with Crippen molar-refractivity contribution >= 4 is 17.6 Å². The van der Waals surface area contributed by atoms with Crippen LogP contribution in [0.15, 0.2) is 30.7 Å². The van der Waals surface area contributed by atoms with E-state index in [0.29, 0.717) is 11.4 Å². The summed E-state index contributed by atoms with van der Waals surface area (Å²) in [7, 11) is 0. The molecule has 4 nitrogen and oxygen atoms in total. The molecule has 18 heavy (non-hydrogen) atoms. The molecular formula is C13H13ClN2O2. The minimum absolute atomic E-state index is 0.0939. The van der Waals surface area contributed by atoms with Gasteiger partial charge in [-0.25, -0.2) is 4.98 Å². The quantitative estimate of drug-likeness (QED) is 0.924. The Morgan fingerprint density at radius 1 is 1.50 bits per heavy atom. The third kappa shape index (κ3) is 2.90. The minimum atomic E-state index is -0.813. The van der Waals surface area contributed by atoms with E-state index in [-0.39, 0.29) is 6.42 Å². The highest BCUT2D eigenvalue weighted by Gasteiger charge is 2.06. The SMILES string of the molecule is Cc1cc(Cl)ccc1-n1cnc(CCC(=O)O)c1. The molecule has 5 heteroatoms. The molecular weight excluding hydrogens is 252 g/mol. The van der Waals surface area contributed by atoms with E-state index in [1.165, 1.54) is 0 Å². The van der Waals surface area contributed by atoms with Gasteiger partial charge in [0.25, 0.3) is 0 Å². The number of rotatable bonds is 4. The van der Waals surface area contributed by atoms with Crippen LogP contribution < -0.4 is 0 Å². The van der Waals surface area contributed by atoms with Gasteiger partial charge in [0, 0.05) is 23.3 Å². The molecule has 2 rings (SSSR count). The Kier molecular flexibility index (Phi) is 3.67. The molecule has 0 aliphatic rings. The summed E-state index contributed by atoms with van der Waals surface area (Å²) in [4.78, 5) is 14.7. The zero-order chi connectivity index (χ0) is 13.1. The van der Waals surface area contributed by atoms with Crippen molar-refractivity contribution in [3.63, 3.8) is 0 Å². The van der Waals surface area contributed by atoms with Crippen LogP contribution in [0.3, 0.4) is 0 Å². The van der Waals surface area contributed by atoms with Gasteiger partial charge in [0.1, 0.15) is 0 Å². The smallest absolute Gasteiger partial charge is 0.303 e. The number of nitrogens with zero attached hydrogens (tertiary/aromatic N) is 2. The lowest BCUT2D eigenvalue weighted by Gasteiger charge is -2.06. The molecule has 1 aromatic carbocycles. The van der Waals surface area contributed by atoms with E-state index < -0.39 is 5.97 Å². The summed E-state index contributed by atoms with van der Waals surface area (Å²) in [6.45, 7) is 1.97. The Bertz CT molecular complexity index is 578. The van der Waals surface area contributed by atoms with Crippen molar-refractivity contribution in [2.75, 3.05) is 0 Å². The number of halogens is 1. The molecule has 0 fully saturated rings. The molecule has 0 amide bonds. The van der Waals surface area contributed by atoms with Crippen molar-refractivity contribution in [3.8, 4) is 5.69 Å². The molecule has 0 spiro atoms. The van der Waals surface area contributed by atoms with Gasteiger partial charge in [-0.3, -0.25) is 4.79 Å². The fraction of sp³-hybridized carbons (Fsp3) is 0.231. The van der Waals surface area contributed by atoms with Gasteiger partial charge in [-0.15, -0.1) is 0 Å². The maximum atomic E-state index is 10.5. The highest BCUT2D eigenvalue weighted by molar-refractivity contribution is 6.30. The van der Waals surface area contributed by atoms with Crippen LogP contribution in [0.2, 0.25) is 5.02 Å². The van der Waals surface area contributed by atoms with Crippen LogP contribution in [0.25, 0.3) is 5.69 Å². The van der Waals surface area contributed by atoms with Crippen LogP contribution in [0.4, 0.5) is 0 Å². The second kappa shape index (κ2) is 5.23. The summed E-state index contributed by atoms with van der Waals surface area (Å²) in [6, 6.07) is 5.62. The molecule has 0 bridgehead atoms. The van der Waals surface area contributed by atoms with Gasteiger partial charge < -0.3 is 9.67 Å². The molecule has 1 aromatic heterocycles. The average Bonchev–Trinajstić information content (AvgIpc) is 2.75. The van der Waals surface area contributed by atoms with Crippen molar-refractivity contribution in [2.45, 2.75) is 19.8 Å². The topological polar surface area (TPSA) is 55.1 Å². The summed E-state index contributed by atoms with van der Waals surface area (Å²) >= 11 is 5.90. The fourth-order valence-electron chi connectivity index (χ4n) is 1.77. The first-order valence-electron chi connectivity index (χ1n) is 5.57. The first kappa shape index (κ1) is 12.6. The Morgan fingerprint density at radius 3 is 2.94 bits per heavy atom. The van der Waals surface area contributed by atoms with E-state index in [4.69, 9.17) is 16.7 Å². The van der Waals surface area contributed by atoms with Gasteiger partial charge in [0.15, 0.2) is 0 Å². The lowest BCUT2D eigenvalue weighted by molar-refractivity contribution is -0.136. The minimum Gasteiger partial charge on any atom is -0.481 e. The van der Waals surface area contributed by atoms with E-state index in [1.807, 2.05) is 35.9 Å².